The minimum absolute atomic E-state index is 0.105. The Morgan fingerprint density at radius 1 is 1.18 bits per heavy atom. The van der Waals surface area contributed by atoms with Crippen molar-refractivity contribution in [3.8, 4) is 11.5 Å². The van der Waals surface area contributed by atoms with Crippen molar-refractivity contribution in [2.24, 2.45) is 4.99 Å². The summed E-state index contributed by atoms with van der Waals surface area (Å²) in [7, 11) is 1.30. The highest BCUT2D eigenvalue weighted by Crippen LogP contribution is 2.37. The Balaban J connectivity index is 1.90. The van der Waals surface area contributed by atoms with Crippen LogP contribution in [0.1, 0.15) is 37.4 Å². The average molecular weight is 557 g/mol. The Morgan fingerprint density at radius 3 is 2.55 bits per heavy atom. The monoisotopic (exact) mass is 556 g/mol. The van der Waals surface area contributed by atoms with Gasteiger partial charge in [0.1, 0.15) is 0 Å². The standard InChI is InChI=1S/C27H25ClN2O7S/c1-4-18-22(26(34)35-3)23(16-9-7-6-8-10-16)30-25(33)20(38-27(30)29-18)13-15-11-17(28)24(37-14-21(31)32)19(12-15)36-5-2/h6-13,23H,4-5,14H2,1-3H3,(H,31,32)/b20-13-/t23-/m1/s1. The molecular weight excluding hydrogens is 532 g/mol. The van der Waals surface area contributed by atoms with Crippen molar-refractivity contribution >= 4 is 41.0 Å². The van der Waals surface area contributed by atoms with Gasteiger partial charge in [0.2, 0.25) is 0 Å². The van der Waals surface area contributed by atoms with Gasteiger partial charge in [0.25, 0.3) is 5.56 Å². The van der Waals surface area contributed by atoms with E-state index >= 15 is 0 Å². The van der Waals surface area contributed by atoms with Crippen LogP contribution in [0.5, 0.6) is 11.5 Å². The molecule has 1 N–H and O–H groups in total. The SMILES string of the molecule is CCOc1cc(/C=c2\sc3n(c2=O)[C@H](c2ccccc2)C(C(=O)OC)=C(CC)N=3)cc(Cl)c1OCC(=O)O. The van der Waals surface area contributed by atoms with Gasteiger partial charge in [0.05, 0.1) is 40.6 Å². The molecule has 0 fully saturated rings. The number of carboxylic acid groups (broad SMARTS) is 1. The first kappa shape index (κ1) is 27.2. The number of thiazole rings is 1. The molecule has 3 aromatic rings. The number of halogens is 1. The summed E-state index contributed by atoms with van der Waals surface area (Å²) in [5.74, 6) is -1.34. The van der Waals surface area contributed by atoms with Crippen molar-refractivity contribution in [3.63, 3.8) is 0 Å². The molecule has 2 aromatic carbocycles. The number of aliphatic carboxylic acids is 1. The van der Waals surface area contributed by atoms with E-state index < -0.39 is 24.6 Å². The smallest absolute Gasteiger partial charge is 0.341 e. The second-order valence-corrected chi connectivity index (χ2v) is 9.56. The van der Waals surface area contributed by atoms with Crippen LogP contribution in [-0.2, 0) is 14.3 Å². The summed E-state index contributed by atoms with van der Waals surface area (Å²) in [4.78, 5) is 42.7. The van der Waals surface area contributed by atoms with E-state index in [1.807, 2.05) is 37.3 Å². The van der Waals surface area contributed by atoms with E-state index in [0.717, 1.165) is 5.56 Å². The number of methoxy groups -OCH3 is 1. The first-order valence-corrected chi connectivity index (χ1v) is 13.0. The lowest BCUT2D eigenvalue weighted by atomic mass is 9.95. The van der Waals surface area contributed by atoms with Crippen LogP contribution in [0.2, 0.25) is 5.02 Å². The van der Waals surface area contributed by atoms with Gasteiger partial charge >= 0.3 is 11.9 Å². The van der Waals surface area contributed by atoms with E-state index in [2.05, 4.69) is 4.99 Å². The molecule has 0 unspecified atom stereocenters. The van der Waals surface area contributed by atoms with Crippen molar-refractivity contribution < 1.29 is 28.9 Å². The molecule has 1 atom stereocenters. The fourth-order valence-electron chi connectivity index (χ4n) is 4.17. The van der Waals surface area contributed by atoms with Crippen LogP contribution in [0.15, 0.2) is 63.5 Å². The van der Waals surface area contributed by atoms with E-state index in [0.29, 0.717) is 39.2 Å². The largest absolute Gasteiger partial charge is 0.490 e. The summed E-state index contributed by atoms with van der Waals surface area (Å²) in [6.45, 7) is 3.37. The third kappa shape index (κ3) is 5.36. The topological polar surface area (TPSA) is 116 Å². The summed E-state index contributed by atoms with van der Waals surface area (Å²) in [6.07, 6.45) is 2.12. The van der Waals surface area contributed by atoms with Crippen molar-refractivity contribution in [2.75, 3.05) is 20.3 Å². The molecule has 0 radical (unpaired) electrons. The summed E-state index contributed by atoms with van der Waals surface area (Å²) in [5, 5.41) is 9.10. The molecule has 0 spiro atoms. The zero-order valence-corrected chi connectivity index (χ0v) is 22.5. The van der Waals surface area contributed by atoms with E-state index in [1.165, 1.54) is 23.0 Å². The van der Waals surface area contributed by atoms with E-state index in [1.54, 1.807) is 25.1 Å². The summed E-state index contributed by atoms with van der Waals surface area (Å²) in [6, 6.07) is 11.7. The van der Waals surface area contributed by atoms with Crippen molar-refractivity contribution in [2.45, 2.75) is 26.3 Å². The number of rotatable bonds is 9. The molecule has 198 valence electrons. The minimum atomic E-state index is -1.15. The first-order chi connectivity index (χ1) is 18.3. The van der Waals surface area contributed by atoms with Crippen LogP contribution in [0.3, 0.4) is 0 Å². The molecule has 0 saturated heterocycles. The fraction of sp³-hybridized carbons (Fsp3) is 0.259. The molecule has 1 aliphatic heterocycles. The Morgan fingerprint density at radius 2 is 1.92 bits per heavy atom. The van der Waals surface area contributed by atoms with Crippen LogP contribution in [-0.4, -0.2) is 41.9 Å². The number of nitrogens with zero attached hydrogens (tertiary/aromatic N) is 2. The first-order valence-electron chi connectivity index (χ1n) is 11.8. The van der Waals surface area contributed by atoms with Crippen molar-refractivity contribution in [3.05, 3.63) is 89.6 Å². The number of carboxylic acids is 1. The highest BCUT2D eigenvalue weighted by molar-refractivity contribution is 7.07. The number of carbonyl (C=O) groups is 2. The zero-order valence-electron chi connectivity index (χ0n) is 20.9. The predicted octanol–water partition coefficient (Wildman–Crippen LogP) is 3.31. The van der Waals surface area contributed by atoms with E-state index in [-0.39, 0.29) is 22.1 Å². The van der Waals surface area contributed by atoms with Crippen LogP contribution in [0.4, 0.5) is 0 Å². The lowest BCUT2D eigenvalue weighted by Gasteiger charge is -2.25. The maximum absolute atomic E-state index is 13.7. The van der Waals surface area contributed by atoms with Gasteiger partial charge in [-0.1, -0.05) is 60.2 Å². The Bertz CT molecular complexity index is 1590. The zero-order chi connectivity index (χ0) is 27.4. The maximum Gasteiger partial charge on any atom is 0.341 e. The second-order valence-electron chi connectivity index (χ2n) is 8.14. The number of carbonyl (C=O) groups excluding carboxylic acids is 1. The summed E-state index contributed by atoms with van der Waals surface area (Å²) >= 11 is 7.59. The number of hydrogen-bond donors (Lipinski definition) is 1. The number of benzene rings is 2. The molecule has 9 nitrogen and oxygen atoms in total. The molecule has 1 aromatic heterocycles. The Labute approximate surface area is 226 Å². The number of ether oxygens (including phenoxy) is 3. The molecule has 0 saturated carbocycles. The molecule has 0 aliphatic carbocycles. The molecule has 0 amide bonds. The normalized spacial score (nSPS) is 15.1. The van der Waals surface area contributed by atoms with Gasteiger partial charge in [-0.2, -0.15) is 0 Å². The van der Waals surface area contributed by atoms with Gasteiger partial charge in [0, 0.05) is 0 Å². The van der Waals surface area contributed by atoms with Gasteiger partial charge in [0.15, 0.2) is 22.9 Å². The second kappa shape index (κ2) is 11.7. The maximum atomic E-state index is 13.7. The van der Waals surface area contributed by atoms with E-state index in [9.17, 15) is 14.4 Å². The van der Waals surface area contributed by atoms with Gasteiger partial charge in [-0.05, 0) is 42.7 Å². The highest BCUT2D eigenvalue weighted by atomic mass is 35.5. The van der Waals surface area contributed by atoms with Crippen LogP contribution < -0.4 is 24.4 Å². The average Bonchev–Trinajstić information content (AvgIpc) is 3.21. The number of hydrogen-bond acceptors (Lipinski definition) is 8. The fourth-order valence-corrected chi connectivity index (χ4v) is 5.47. The molecular formula is C27H25ClN2O7S. The number of allylic oxidation sites excluding steroid dienone is 1. The lowest BCUT2D eigenvalue weighted by Crippen LogP contribution is -2.40. The van der Waals surface area contributed by atoms with Gasteiger partial charge < -0.3 is 19.3 Å². The Kier molecular flexibility index (Phi) is 8.33. The van der Waals surface area contributed by atoms with E-state index in [4.69, 9.17) is 30.9 Å². The molecule has 1 aliphatic rings. The van der Waals surface area contributed by atoms with Gasteiger partial charge in [-0.3, -0.25) is 9.36 Å². The lowest BCUT2D eigenvalue weighted by molar-refractivity contribution is -0.139. The minimum Gasteiger partial charge on any atom is -0.490 e. The van der Waals surface area contributed by atoms with Crippen molar-refractivity contribution in [1.29, 1.82) is 0 Å². The number of aromatic nitrogens is 1. The number of fused-ring (bicyclic) bond motifs is 1. The number of esters is 1. The summed E-state index contributed by atoms with van der Waals surface area (Å²) < 4.78 is 17.9. The third-order valence-electron chi connectivity index (χ3n) is 5.74. The van der Waals surface area contributed by atoms with Crippen LogP contribution in [0, 0.1) is 0 Å². The molecule has 2 heterocycles. The van der Waals surface area contributed by atoms with Crippen LogP contribution in [0.25, 0.3) is 6.08 Å². The van der Waals surface area contributed by atoms with Gasteiger partial charge in [-0.25, -0.2) is 14.6 Å². The highest BCUT2D eigenvalue weighted by Gasteiger charge is 2.33. The molecule has 38 heavy (non-hydrogen) atoms. The molecule has 4 rings (SSSR count). The Hall–Kier alpha value is -3.89. The van der Waals surface area contributed by atoms with Crippen LogP contribution >= 0.6 is 22.9 Å². The third-order valence-corrected chi connectivity index (χ3v) is 7.00. The summed E-state index contributed by atoms with van der Waals surface area (Å²) in [5.41, 5.74) is 1.84. The molecule has 0 bridgehead atoms. The predicted molar refractivity (Wildman–Crippen MR) is 143 cm³/mol. The van der Waals surface area contributed by atoms with Gasteiger partial charge in [-0.15, -0.1) is 0 Å². The molecule has 11 heteroatoms. The van der Waals surface area contributed by atoms with Crippen molar-refractivity contribution in [1.82, 2.24) is 4.57 Å². The quantitative estimate of drug-likeness (QED) is 0.402.